The zero-order valence-corrected chi connectivity index (χ0v) is 11.3. The van der Waals surface area contributed by atoms with Crippen LogP contribution in [-0.2, 0) is 17.6 Å². The molecule has 3 heteroatoms. The standard InChI is InChI=1S/C15H22N2O/c1-11(10-16-2)15(18)17-14-9-5-7-12-6-3-4-8-13(12)14/h5,7,9,11,16H,3-4,6,8,10H2,1-2H3,(H,17,18). The summed E-state index contributed by atoms with van der Waals surface area (Å²) in [7, 11) is 1.87. The number of carbonyl (C=O) groups is 1. The molecule has 0 saturated heterocycles. The van der Waals surface area contributed by atoms with E-state index in [2.05, 4.69) is 16.7 Å². The second kappa shape index (κ2) is 6.01. The van der Waals surface area contributed by atoms with Gasteiger partial charge >= 0.3 is 0 Å². The molecule has 0 aromatic heterocycles. The molecule has 1 atom stereocenters. The van der Waals surface area contributed by atoms with Crippen molar-refractivity contribution in [3.05, 3.63) is 29.3 Å². The number of benzene rings is 1. The third-order valence-corrected chi connectivity index (χ3v) is 3.61. The van der Waals surface area contributed by atoms with Gasteiger partial charge in [0.2, 0.25) is 5.91 Å². The number of aryl methyl sites for hydroxylation is 1. The highest BCUT2D eigenvalue weighted by atomic mass is 16.1. The molecule has 98 valence electrons. The minimum Gasteiger partial charge on any atom is -0.326 e. The molecule has 1 amide bonds. The molecule has 0 heterocycles. The van der Waals surface area contributed by atoms with E-state index in [-0.39, 0.29) is 11.8 Å². The molecule has 0 bridgehead atoms. The Labute approximate surface area is 109 Å². The van der Waals surface area contributed by atoms with Crippen molar-refractivity contribution in [3.8, 4) is 0 Å². The summed E-state index contributed by atoms with van der Waals surface area (Å²) in [6.07, 6.45) is 4.73. The van der Waals surface area contributed by atoms with Gasteiger partial charge in [-0.2, -0.15) is 0 Å². The normalized spacial score (nSPS) is 15.9. The lowest BCUT2D eigenvalue weighted by atomic mass is 9.90. The lowest BCUT2D eigenvalue weighted by Gasteiger charge is -2.20. The number of anilines is 1. The van der Waals surface area contributed by atoms with Crippen LogP contribution in [0.1, 0.15) is 30.9 Å². The molecule has 1 aliphatic rings. The Morgan fingerprint density at radius 3 is 2.89 bits per heavy atom. The maximum atomic E-state index is 12.0. The summed E-state index contributed by atoms with van der Waals surface area (Å²) in [4.78, 5) is 12.0. The van der Waals surface area contributed by atoms with E-state index < -0.39 is 0 Å². The number of hydrogen-bond donors (Lipinski definition) is 2. The molecule has 0 aliphatic heterocycles. The highest BCUT2D eigenvalue weighted by Crippen LogP contribution is 2.28. The van der Waals surface area contributed by atoms with Crippen molar-refractivity contribution in [2.75, 3.05) is 18.9 Å². The van der Waals surface area contributed by atoms with Crippen LogP contribution in [0.25, 0.3) is 0 Å². The van der Waals surface area contributed by atoms with Crippen LogP contribution in [0.2, 0.25) is 0 Å². The van der Waals surface area contributed by atoms with Crippen molar-refractivity contribution < 1.29 is 4.79 Å². The second-order valence-electron chi connectivity index (χ2n) is 5.10. The number of rotatable bonds is 4. The Kier molecular flexibility index (Phi) is 4.37. The first-order chi connectivity index (χ1) is 8.72. The van der Waals surface area contributed by atoms with Crippen LogP contribution >= 0.6 is 0 Å². The minimum absolute atomic E-state index is 0.00514. The molecule has 3 nitrogen and oxygen atoms in total. The first-order valence-electron chi connectivity index (χ1n) is 6.78. The van der Waals surface area contributed by atoms with E-state index >= 15 is 0 Å². The van der Waals surface area contributed by atoms with Crippen LogP contribution < -0.4 is 10.6 Å². The number of hydrogen-bond acceptors (Lipinski definition) is 2. The highest BCUT2D eigenvalue weighted by molar-refractivity contribution is 5.93. The molecule has 0 fully saturated rings. The maximum absolute atomic E-state index is 12.0. The monoisotopic (exact) mass is 246 g/mol. The van der Waals surface area contributed by atoms with Gasteiger partial charge in [0, 0.05) is 18.2 Å². The third kappa shape index (κ3) is 2.91. The quantitative estimate of drug-likeness (QED) is 0.856. The molecule has 2 rings (SSSR count). The van der Waals surface area contributed by atoms with Gasteiger partial charge in [-0.3, -0.25) is 4.79 Å². The Balaban J connectivity index is 2.12. The van der Waals surface area contributed by atoms with Gasteiger partial charge in [-0.1, -0.05) is 19.1 Å². The van der Waals surface area contributed by atoms with Gasteiger partial charge in [0.25, 0.3) is 0 Å². The average Bonchev–Trinajstić information content (AvgIpc) is 2.39. The molecule has 1 aromatic rings. The van der Waals surface area contributed by atoms with E-state index in [4.69, 9.17) is 0 Å². The maximum Gasteiger partial charge on any atom is 0.228 e. The lowest BCUT2D eigenvalue weighted by molar-refractivity contribution is -0.119. The summed E-state index contributed by atoms with van der Waals surface area (Å²) in [5, 5.41) is 6.11. The van der Waals surface area contributed by atoms with Gasteiger partial charge in [0.1, 0.15) is 0 Å². The Hall–Kier alpha value is -1.35. The summed E-state index contributed by atoms with van der Waals surface area (Å²) in [5.41, 5.74) is 3.76. The summed E-state index contributed by atoms with van der Waals surface area (Å²) in [5.74, 6) is 0.0952. The molecule has 0 spiro atoms. The Morgan fingerprint density at radius 1 is 1.33 bits per heavy atom. The predicted molar refractivity (Wildman–Crippen MR) is 74.8 cm³/mol. The van der Waals surface area contributed by atoms with Crippen molar-refractivity contribution in [2.45, 2.75) is 32.6 Å². The van der Waals surface area contributed by atoms with Gasteiger partial charge in [-0.15, -0.1) is 0 Å². The molecule has 0 radical (unpaired) electrons. The van der Waals surface area contributed by atoms with Crippen LogP contribution in [0.3, 0.4) is 0 Å². The molecular formula is C15H22N2O. The minimum atomic E-state index is -0.00514. The number of carbonyl (C=O) groups excluding carboxylic acids is 1. The molecule has 1 aromatic carbocycles. The predicted octanol–water partition coefficient (Wildman–Crippen LogP) is 2.36. The van der Waals surface area contributed by atoms with Crippen LogP contribution in [-0.4, -0.2) is 19.5 Å². The molecule has 1 aliphatic carbocycles. The molecule has 0 saturated carbocycles. The van der Waals surface area contributed by atoms with E-state index in [9.17, 15) is 4.79 Å². The number of amides is 1. The molecule has 18 heavy (non-hydrogen) atoms. The third-order valence-electron chi connectivity index (χ3n) is 3.61. The van der Waals surface area contributed by atoms with Gasteiger partial charge in [-0.05, 0) is 49.9 Å². The number of fused-ring (bicyclic) bond motifs is 1. The van der Waals surface area contributed by atoms with Crippen molar-refractivity contribution in [2.24, 2.45) is 5.92 Å². The molecule has 2 N–H and O–H groups in total. The van der Waals surface area contributed by atoms with Crippen molar-refractivity contribution >= 4 is 11.6 Å². The fourth-order valence-electron chi connectivity index (χ4n) is 2.55. The van der Waals surface area contributed by atoms with Crippen LogP contribution in [0.5, 0.6) is 0 Å². The second-order valence-corrected chi connectivity index (χ2v) is 5.10. The van der Waals surface area contributed by atoms with Crippen molar-refractivity contribution in [1.29, 1.82) is 0 Å². The van der Waals surface area contributed by atoms with Gasteiger partial charge < -0.3 is 10.6 Å². The highest BCUT2D eigenvalue weighted by Gasteiger charge is 2.17. The lowest BCUT2D eigenvalue weighted by Crippen LogP contribution is -2.29. The summed E-state index contributed by atoms with van der Waals surface area (Å²) >= 11 is 0. The fraction of sp³-hybridized carbons (Fsp3) is 0.533. The van der Waals surface area contributed by atoms with E-state index in [0.717, 1.165) is 18.5 Å². The topological polar surface area (TPSA) is 41.1 Å². The van der Waals surface area contributed by atoms with Crippen molar-refractivity contribution in [1.82, 2.24) is 5.32 Å². The zero-order valence-electron chi connectivity index (χ0n) is 11.3. The molecular weight excluding hydrogens is 224 g/mol. The Morgan fingerprint density at radius 2 is 2.11 bits per heavy atom. The van der Waals surface area contributed by atoms with Gasteiger partial charge in [-0.25, -0.2) is 0 Å². The van der Waals surface area contributed by atoms with E-state index in [1.54, 1.807) is 0 Å². The van der Waals surface area contributed by atoms with Crippen LogP contribution in [0, 0.1) is 5.92 Å². The van der Waals surface area contributed by atoms with E-state index in [0.29, 0.717) is 6.54 Å². The van der Waals surface area contributed by atoms with E-state index in [1.165, 1.54) is 24.0 Å². The van der Waals surface area contributed by atoms with Gasteiger partial charge in [0.15, 0.2) is 0 Å². The Bertz CT molecular complexity index is 429. The van der Waals surface area contributed by atoms with E-state index in [1.807, 2.05) is 26.1 Å². The average molecular weight is 246 g/mol. The first kappa shape index (κ1) is 13.1. The molecule has 1 unspecified atom stereocenters. The largest absolute Gasteiger partial charge is 0.326 e. The van der Waals surface area contributed by atoms with Crippen LogP contribution in [0.4, 0.5) is 5.69 Å². The summed E-state index contributed by atoms with van der Waals surface area (Å²) < 4.78 is 0. The summed E-state index contributed by atoms with van der Waals surface area (Å²) in [6, 6.07) is 6.25. The smallest absolute Gasteiger partial charge is 0.228 e. The van der Waals surface area contributed by atoms with Crippen LogP contribution in [0.15, 0.2) is 18.2 Å². The SMILES string of the molecule is CNCC(C)C(=O)Nc1cccc2c1CCCC2. The summed E-state index contributed by atoms with van der Waals surface area (Å²) in [6.45, 7) is 2.65. The zero-order chi connectivity index (χ0) is 13.0. The fourth-order valence-corrected chi connectivity index (χ4v) is 2.55. The van der Waals surface area contributed by atoms with Crippen molar-refractivity contribution in [3.63, 3.8) is 0 Å². The van der Waals surface area contributed by atoms with Gasteiger partial charge in [0.05, 0.1) is 0 Å². The first-order valence-corrected chi connectivity index (χ1v) is 6.78. The number of nitrogens with one attached hydrogen (secondary N) is 2.